The van der Waals surface area contributed by atoms with E-state index in [-0.39, 0.29) is 12.5 Å². The van der Waals surface area contributed by atoms with Crippen LogP contribution in [0.1, 0.15) is 11.1 Å². The molecule has 0 heterocycles. The first kappa shape index (κ1) is 18.1. The van der Waals surface area contributed by atoms with Crippen LogP contribution in [0, 0.1) is 6.92 Å². The number of benzene rings is 2. The lowest BCUT2D eigenvalue weighted by Crippen LogP contribution is -2.27. The van der Waals surface area contributed by atoms with Gasteiger partial charge in [-0.05, 0) is 12.5 Å². The number of hydrogen-bond acceptors (Lipinski definition) is 4. The van der Waals surface area contributed by atoms with Crippen LogP contribution in [0.2, 0.25) is 5.02 Å². The predicted octanol–water partition coefficient (Wildman–Crippen LogP) is 3.39. The predicted molar refractivity (Wildman–Crippen MR) is 96.1 cm³/mol. The van der Waals surface area contributed by atoms with Crippen molar-refractivity contribution >= 4 is 23.2 Å². The van der Waals surface area contributed by atoms with Gasteiger partial charge >= 0.3 is 0 Å². The summed E-state index contributed by atoms with van der Waals surface area (Å²) >= 11 is 6.05. The largest absolute Gasteiger partial charge is 0.495 e. The van der Waals surface area contributed by atoms with E-state index in [1.54, 1.807) is 12.1 Å². The quantitative estimate of drug-likeness (QED) is 0.805. The van der Waals surface area contributed by atoms with Crippen molar-refractivity contribution < 1.29 is 14.3 Å². The zero-order valence-corrected chi connectivity index (χ0v) is 14.7. The molecule has 0 aliphatic carbocycles. The van der Waals surface area contributed by atoms with Gasteiger partial charge < -0.3 is 20.1 Å². The highest BCUT2D eigenvalue weighted by molar-refractivity contribution is 6.32. The molecule has 1 amide bonds. The molecule has 0 unspecified atom stereocenters. The van der Waals surface area contributed by atoms with Crippen molar-refractivity contribution in [2.75, 3.05) is 26.1 Å². The van der Waals surface area contributed by atoms with Crippen LogP contribution in [-0.4, -0.2) is 26.7 Å². The molecule has 0 aromatic heterocycles. The molecule has 0 bridgehead atoms. The third-order valence-corrected chi connectivity index (χ3v) is 3.78. The molecule has 2 N–H and O–H groups in total. The van der Waals surface area contributed by atoms with E-state index in [0.717, 1.165) is 5.56 Å². The molecule has 0 aliphatic heterocycles. The number of hydrogen-bond donors (Lipinski definition) is 2. The average molecular weight is 349 g/mol. The van der Waals surface area contributed by atoms with E-state index in [2.05, 4.69) is 10.6 Å². The molecule has 0 aliphatic rings. The molecule has 24 heavy (non-hydrogen) atoms. The maximum absolute atomic E-state index is 12.1. The van der Waals surface area contributed by atoms with Gasteiger partial charge in [0.25, 0.3) is 0 Å². The highest BCUT2D eigenvalue weighted by Crippen LogP contribution is 2.35. The molecule has 2 aromatic rings. The van der Waals surface area contributed by atoms with E-state index in [9.17, 15) is 4.79 Å². The van der Waals surface area contributed by atoms with Crippen LogP contribution in [0.15, 0.2) is 36.4 Å². The monoisotopic (exact) mass is 348 g/mol. The Kier molecular flexibility index (Phi) is 6.46. The number of ether oxygens (including phenoxy) is 2. The molecule has 5 nitrogen and oxygen atoms in total. The Bertz CT molecular complexity index is 702. The maximum Gasteiger partial charge on any atom is 0.238 e. The summed E-state index contributed by atoms with van der Waals surface area (Å²) in [5.74, 6) is 0.776. The van der Waals surface area contributed by atoms with Crippen molar-refractivity contribution in [3.8, 4) is 11.5 Å². The molecule has 2 aromatic carbocycles. The zero-order chi connectivity index (χ0) is 17.5. The summed E-state index contributed by atoms with van der Waals surface area (Å²) in [4.78, 5) is 12.1. The number of carbonyl (C=O) groups excluding carboxylic acids is 1. The third-order valence-electron chi connectivity index (χ3n) is 3.48. The van der Waals surface area contributed by atoms with Crippen LogP contribution in [0.5, 0.6) is 11.5 Å². The Morgan fingerprint density at radius 3 is 2.38 bits per heavy atom. The Labute approximate surface area is 146 Å². The molecule has 0 saturated heterocycles. The number of anilines is 1. The molecule has 0 fully saturated rings. The molecule has 6 heteroatoms. The summed E-state index contributed by atoms with van der Waals surface area (Å²) in [5.41, 5.74) is 2.85. The number of rotatable bonds is 7. The van der Waals surface area contributed by atoms with Gasteiger partial charge in [-0.2, -0.15) is 0 Å². The minimum absolute atomic E-state index is 0.176. The maximum atomic E-state index is 12.1. The second-order valence-corrected chi connectivity index (χ2v) is 5.73. The van der Waals surface area contributed by atoms with Crippen LogP contribution >= 0.6 is 11.6 Å². The van der Waals surface area contributed by atoms with E-state index >= 15 is 0 Å². The second-order valence-electron chi connectivity index (χ2n) is 5.32. The van der Waals surface area contributed by atoms with E-state index in [4.69, 9.17) is 21.1 Å². The van der Waals surface area contributed by atoms with Gasteiger partial charge in [-0.3, -0.25) is 4.79 Å². The van der Waals surface area contributed by atoms with E-state index < -0.39 is 0 Å². The number of amides is 1. The van der Waals surface area contributed by atoms with Gasteiger partial charge in [-0.15, -0.1) is 0 Å². The fourth-order valence-electron chi connectivity index (χ4n) is 2.18. The number of aryl methyl sites for hydroxylation is 1. The highest BCUT2D eigenvalue weighted by atomic mass is 35.5. The lowest BCUT2D eigenvalue weighted by atomic mass is 10.1. The lowest BCUT2D eigenvalue weighted by Gasteiger charge is -2.13. The van der Waals surface area contributed by atoms with Gasteiger partial charge in [0.2, 0.25) is 5.91 Å². The van der Waals surface area contributed by atoms with E-state index in [1.165, 1.54) is 19.8 Å². The van der Waals surface area contributed by atoms with Crippen LogP contribution in [0.4, 0.5) is 5.69 Å². The first-order valence-electron chi connectivity index (χ1n) is 7.51. The molecule has 0 radical (unpaired) electrons. The van der Waals surface area contributed by atoms with Gasteiger partial charge in [0.05, 0.1) is 31.5 Å². The number of methoxy groups -OCH3 is 2. The minimum Gasteiger partial charge on any atom is -0.495 e. The first-order chi connectivity index (χ1) is 11.5. The molecule has 128 valence electrons. The zero-order valence-electron chi connectivity index (χ0n) is 14.0. The molecule has 0 saturated carbocycles. The fourth-order valence-corrected chi connectivity index (χ4v) is 2.41. The van der Waals surface area contributed by atoms with Gasteiger partial charge in [0, 0.05) is 18.7 Å². The molecule has 2 rings (SSSR count). The molecule has 0 spiro atoms. The molecular formula is C18H21ClN2O3. The molecule has 0 atom stereocenters. The van der Waals surface area contributed by atoms with Gasteiger partial charge in [-0.25, -0.2) is 0 Å². The summed E-state index contributed by atoms with van der Waals surface area (Å²) in [6, 6.07) is 11.4. The van der Waals surface area contributed by atoms with E-state index in [1.807, 2.05) is 31.2 Å². The van der Waals surface area contributed by atoms with E-state index in [0.29, 0.717) is 28.8 Å². The highest BCUT2D eigenvalue weighted by Gasteiger charge is 2.12. The first-order valence-corrected chi connectivity index (χ1v) is 7.89. The Morgan fingerprint density at radius 2 is 1.75 bits per heavy atom. The topological polar surface area (TPSA) is 59.6 Å². The Balaban J connectivity index is 1.93. The summed E-state index contributed by atoms with van der Waals surface area (Å²) in [5, 5.41) is 6.32. The van der Waals surface area contributed by atoms with Crippen molar-refractivity contribution in [1.82, 2.24) is 5.32 Å². The summed E-state index contributed by atoms with van der Waals surface area (Å²) in [6.07, 6.45) is 0. The van der Waals surface area contributed by atoms with Crippen LogP contribution in [0.25, 0.3) is 0 Å². The van der Waals surface area contributed by atoms with Gasteiger partial charge in [-0.1, -0.05) is 41.4 Å². The Morgan fingerprint density at radius 1 is 1.08 bits per heavy atom. The number of halogens is 1. The minimum atomic E-state index is -0.176. The summed E-state index contributed by atoms with van der Waals surface area (Å²) < 4.78 is 10.4. The smallest absolute Gasteiger partial charge is 0.238 e. The van der Waals surface area contributed by atoms with Crippen molar-refractivity contribution in [2.24, 2.45) is 0 Å². The average Bonchev–Trinajstić information content (AvgIpc) is 2.57. The fraction of sp³-hybridized carbons (Fsp3) is 0.278. The van der Waals surface area contributed by atoms with Crippen molar-refractivity contribution in [1.29, 1.82) is 0 Å². The number of carbonyl (C=O) groups is 1. The van der Waals surface area contributed by atoms with Crippen molar-refractivity contribution in [3.05, 3.63) is 52.5 Å². The summed E-state index contributed by atoms with van der Waals surface area (Å²) in [6.45, 7) is 2.84. The van der Waals surface area contributed by atoms with Gasteiger partial charge in [0.15, 0.2) is 0 Å². The number of nitrogens with one attached hydrogen (secondary N) is 2. The van der Waals surface area contributed by atoms with Crippen LogP contribution in [-0.2, 0) is 11.3 Å². The van der Waals surface area contributed by atoms with Crippen molar-refractivity contribution in [3.63, 3.8) is 0 Å². The normalized spacial score (nSPS) is 10.3. The van der Waals surface area contributed by atoms with Crippen LogP contribution < -0.4 is 20.1 Å². The Hall–Kier alpha value is -2.24. The van der Waals surface area contributed by atoms with Crippen molar-refractivity contribution in [2.45, 2.75) is 13.5 Å². The molecular weight excluding hydrogens is 328 g/mol. The van der Waals surface area contributed by atoms with Crippen LogP contribution in [0.3, 0.4) is 0 Å². The second kappa shape index (κ2) is 8.57. The van der Waals surface area contributed by atoms with Gasteiger partial charge in [0.1, 0.15) is 11.5 Å². The third kappa shape index (κ3) is 4.88. The standard InChI is InChI=1S/C18H21ClN2O3/c1-12-4-6-13(7-5-12)10-20-11-18(22)21-15-9-16(23-2)14(19)8-17(15)24-3/h4-9,20H,10-11H2,1-3H3,(H,21,22). The SMILES string of the molecule is COc1cc(NC(=O)CNCc2ccc(C)cc2)c(OC)cc1Cl. The lowest BCUT2D eigenvalue weighted by molar-refractivity contribution is -0.115. The summed E-state index contributed by atoms with van der Waals surface area (Å²) in [7, 11) is 3.03.